The lowest BCUT2D eigenvalue weighted by Crippen LogP contribution is -2.26. The van der Waals surface area contributed by atoms with Crippen LogP contribution < -0.4 is 5.73 Å². The van der Waals surface area contributed by atoms with Crippen LogP contribution >= 0.6 is 11.6 Å². The summed E-state index contributed by atoms with van der Waals surface area (Å²) in [5.74, 6) is -0.255. The van der Waals surface area contributed by atoms with Crippen LogP contribution in [0.4, 0.5) is 4.39 Å². The van der Waals surface area contributed by atoms with Gasteiger partial charge in [0.1, 0.15) is 5.82 Å². The Labute approximate surface area is 136 Å². The first-order valence-corrected chi connectivity index (χ1v) is 7.89. The summed E-state index contributed by atoms with van der Waals surface area (Å²) in [6, 6.07) is 13.2. The second-order valence-electron chi connectivity index (χ2n) is 5.54. The monoisotopic (exact) mass is 320 g/mol. The predicted molar refractivity (Wildman–Crippen MR) is 90.4 cm³/mol. The van der Waals surface area contributed by atoms with Gasteiger partial charge in [-0.15, -0.1) is 0 Å². The molecule has 0 saturated heterocycles. The Morgan fingerprint density at radius 2 is 1.91 bits per heavy atom. The lowest BCUT2D eigenvalue weighted by molar-refractivity contribution is 0.251. The Kier molecular flexibility index (Phi) is 6.37. The topological polar surface area (TPSA) is 29.3 Å². The maximum atomic E-state index is 14.0. The van der Waals surface area contributed by atoms with Crippen molar-refractivity contribution in [3.8, 4) is 0 Å². The molecule has 2 aromatic carbocycles. The Bertz CT molecular complexity index is 596. The zero-order chi connectivity index (χ0) is 15.9. The molecule has 0 saturated carbocycles. The zero-order valence-corrected chi connectivity index (χ0v) is 13.6. The third-order valence-electron chi connectivity index (χ3n) is 3.61. The predicted octanol–water partition coefficient (Wildman–Crippen LogP) is 4.14. The lowest BCUT2D eigenvalue weighted by atomic mass is 10.1. The van der Waals surface area contributed by atoms with E-state index < -0.39 is 0 Å². The van der Waals surface area contributed by atoms with E-state index in [1.807, 2.05) is 6.07 Å². The van der Waals surface area contributed by atoms with Crippen molar-refractivity contribution >= 4 is 11.6 Å². The summed E-state index contributed by atoms with van der Waals surface area (Å²) in [7, 11) is 0. The van der Waals surface area contributed by atoms with Gasteiger partial charge in [-0.1, -0.05) is 47.5 Å². The number of hydrogen-bond donors (Lipinski definition) is 1. The molecule has 2 rings (SSSR count). The average molecular weight is 321 g/mol. The van der Waals surface area contributed by atoms with Crippen molar-refractivity contribution in [3.63, 3.8) is 0 Å². The summed E-state index contributed by atoms with van der Waals surface area (Å²) in [6.45, 7) is 4.75. The van der Waals surface area contributed by atoms with Crippen LogP contribution in [0, 0.1) is 12.7 Å². The maximum absolute atomic E-state index is 14.0. The van der Waals surface area contributed by atoms with Crippen LogP contribution in [0.15, 0.2) is 42.5 Å². The van der Waals surface area contributed by atoms with Crippen LogP contribution in [0.2, 0.25) is 5.02 Å². The number of nitrogens with two attached hydrogens (primary N) is 1. The molecular weight excluding hydrogens is 299 g/mol. The van der Waals surface area contributed by atoms with Crippen molar-refractivity contribution in [2.75, 3.05) is 13.1 Å². The van der Waals surface area contributed by atoms with Gasteiger partial charge in [-0.2, -0.15) is 0 Å². The fourth-order valence-electron chi connectivity index (χ4n) is 2.50. The molecule has 0 heterocycles. The minimum absolute atomic E-state index is 0.255. The molecule has 0 atom stereocenters. The normalized spacial score (nSPS) is 11.1. The van der Waals surface area contributed by atoms with Gasteiger partial charge >= 0.3 is 0 Å². The standard InChI is InChI=1S/C18H22ClFN2/c1-14-5-2-6-15(11-14)12-22(10-4-9-21)13-16-17(19)7-3-8-18(16)20/h2-3,5-8,11H,4,9-10,12-13,21H2,1H3. The van der Waals surface area contributed by atoms with E-state index in [2.05, 4.69) is 30.0 Å². The number of benzene rings is 2. The molecule has 2 N–H and O–H groups in total. The highest BCUT2D eigenvalue weighted by atomic mass is 35.5. The molecule has 0 fully saturated rings. The fraction of sp³-hybridized carbons (Fsp3) is 0.333. The molecule has 2 nitrogen and oxygen atoms in total. The summed E-state index contributed by atoms with van der Waals surface area (Å²) in [6.07, 6.45) is 0.873. The number of aryl methyl sites for hydroxylation is 1. The average Bonchev–Trinajstić information content (AvgIpc) is 2.48. The quantitative estimate of drug-likeness (QED) is 0.830. The minimum Gasteiger partial charge on any atom is -0.330 e. The van der Waals surface area contributed by atoms with Crippen molar-refractivity contribution in [1.82, 2.24) is 4.90 Å². The fourth-order valence-corrected chi connectivity index (χ4v) is 2.73. The van der Waals surface area contributed by atoms with Crippen molar-refractivity contribution in [3.05, 3.63) is 70.0 Å². The summed E-state index contributed by atoms with van der Waals surface area (Å²) in [5.41, 5.74) is 8.61. The minimum atomic E-state index is -0.255. The summed E-state index contributed by atoms with van der Waals surface area (Å²) in [5, 5.41) is 0.474. The van der Waals surface area contributed by atoms with Crippen LogP contribution in [-0.2, 0) is 13.1 Å². The molecule has 0 radical (unpaired) electrons. The van der Waals surface area contributed by atoms with Gasteiger partial charge in [0.25, 0.3) is 0 Å². The third kappa shape index (κ3) is 4.80. The molecule has 0 unspecified atom stereocenters. The molecule has 0 aromatic heterocycles. The van der Waals surface area contributed by atoms with E-state index >= 15 is 0 Å². The van der Waals surface area contributed by atoms with Gasteiger partial charge < -0.3 is 5.73 Å². The lowest BCUT2D eigenvalue weighted by Gasteiger charge is -2.23. The van der Waals surface area contributed by atoms with Crippen molar-refractivity contribution in [2.24, 2.45) is 5.73 Å². The molecule has 0 amide bonds. The molecule has 118 valence electrons. The van der Waals surface area contributed by atoms with E-state index in [1.54, 1.807) is 12.1 Å². The number of hydrogen-bond acceptors (Lipinski definition) is 2. The van der Waals surface area contributed by atoms with Crippen LogP contribution in [0.3, 0.4) is 0 Å². The van der Waals surface area contributed by atoms with Crippen LogP contribution in [0.1, 0.15) is 23.1 Å². The van der Waals surface area contributed by atoms with Crippen LogP contribution in [0.25, 0.3) is 0 Å². The molecule has 0 spiro atoms. The smallest absolute Gasteiger partial charge is 0.129 e. The SMILES string of the molecule is Cc1cccc(CN(CCCN)Cc2c(F)cccc2Cl)c1. The van der Waals surface area contributed by atoms with E-state index in [1.165, 1.54) is 17.2 Å². The molecule has 22 heavy (non-hydrogen) atoms. The second kappa shape index (κ2) is 8.28. The zero-order valence-electron chi connectivity index (χ0n) is 12.9. The first-order chi connectivity index (χ1) is 10.6. The maximum Gasteiger partial charge on any atom is 0.129 e. The molecule has 0 aliphatic rings. The number of halogens is 2. The molecule has 2 aromatic rings. The number of nitrogens with zero attached hydrogens (tertiary/aromatic N) is 1. The van der Waals surface area contributed by atoms with E-state index in [0.717, 1.165) is 19.5 Å². The second-order valence-corrected chi connectivity index (χ2v) is 5.95. The van der Waals surface area contributed by atoms with Crippen LogP contribution in [-0.4, -0.2) is 18.0 Å². The Morgan fingerprint density at radius 1 is 1.14 bits per heavy atom. The highest BCUT2D eigenvalue weighted by Gasteiger charge is 2.13. The van der Waals surface area contributed by atoms with Gasteiger partial charge in [-0.25, -0.2) is 4.39 Å². The summed E-state index contributed by atoms with van der Waals surface area (Å²) in [4.78, 5) is 2.19. The Morgan fingerprint density at radius 3 is 2.59 bits per heavy atom. The molecule has 0 aliphatic heterocycles. The van der Waals surface area contributed by atoms with Crippen molar-refractivity contribution in [2.45, 2.75) is 26.4 Å². The first-order valence-electron chi connectivity index (χ1n) is 7.51. The number of rotatable bonds is 7. The largest absolute Gasteiger partial charge is 0.330 e. The van der Waals surface area contributed by atoms with Gasteiger partial charge in [0, 0.05) is 30.2 Å². The highest BCUT2D eigenvalue weighted by Crippen LogP contribution is 2.22. The van der Waals surface area contributed by atoms with E-state index in [-0.39, 0.29) is 5.82 Å². The van der Waals surface area contributed by atoms with Gasteiger partial charge in [-0.05, 0) is 37.6 Å². The highest BCUT2D eigenvalue weighted by molar-refractivity contribution is 6.31. The van der Waals surface area contributed by atoms with Crippen LogP contribution in [0.5, 0.6) is 0 Å². The van der Waals surface area contributed by atoms with Gasteiger partial charge in [0.2, 0.25) is 0 Å². The van der Waals surface area contributed by atoms with Gasteiger partial charge in [-0.3, -0.25) is 4.90 Å². The van der Waals surface area contributed by atoms with Gasteiger partial charge in [0.15, 0.2) is 0 Å². The third-order valence-corrected chi connectivity index (χ3v) is 3.96. The van der Waals surface area contributed by atoms with Crippen molar-refractivity contribution in [1.29, 1.82) is 0 Å². The summed E-state index contributed by atoms with van der Waals surface area (Å²) >= 11 is 6.14. The Balaban J connectivity index is 2.15. The molecular formula is C18H22ClFN2. The molecule has 0 aliphatic carbocycles. The molecule has 0 bridgehead atoms. The van der Waals surface area contributed by atoms with E-state index in [0.29, 0.717) is 23.7 Å². The summed E-state index contributed by atoms with van der Waals surface area (Å²) < 4.78 is 14.0. The first kappa shape index (κ1) is 16.9. The van der Waals surface area contributed by atoms with Crippen molar-refractivity contribution < 1.29 is 4.39 Å². The van der Waals surface area contributed by atoms with Gasteiger partial charge in [0.05, 0.1) is 0 Å². The van der Waals surface area contributed by atoms with E-state index in [9.17, 15) is 4.39 Å². The molecule has 4 heteroatoms. The Hall–Kier alpha value is -1.42. The van der Waals surface area contributed by atoms with E-state index in [4.69, 9.17) is 17.3 Å².